The molecule has 0 radical (unpaired) electrons. The van der Waals surface area contributed by atoms with Crippen LogP contribution in [-0.4, -0.2) is 34.9 Å². The fourth-order valence-corrected chi connectivity index (χ4v) is 2.56. The lowest BCUT2D eigenvalue weighted by Gasteiger charge is -2.32. The Morgan fingerprint density at radius 2 is 1.67 bits per heavy atom. The monoisotopic (exact) mass is 290 g/mol. The van der Waals surface area contributed by atoms with E-state index >= 15 is 0 Å². The SMILES string of the molecule is CC1(C)OB(c2cnc(C3CCCCO3)nc2)OC1(C)C. The van der Waals surface area contributed by atoms with Gasteiger partial charge in [-0.15, -0.1) is 0 Å². The van der Waals surface area contributed by atoms with Crippen molar-refractivity contribution in [3.05, 3.63) is 18.2 Å². The molecule has 5 nitrogen and oxygen atoms in total. The first kappa shape index (κ1) is 14.9. The van der Waals surface area contributed by atoms with Gasteiger partial charge in [0, 0.05) is 24.5 Å². The summed E-state index contributed by atoms with van der Waals surface area (Å²) in [7, 11) is -0.406. The van der Waals surface area contributed by atoms with Crippen LogP contribution in [0.5, 0.6) is 0 Å². The second-order valence-corrected chi connectivity index (χ2v) is 6.82. The Labute approximate surface area is 126 Å². The Bertz CT molecular complexity index is 482. The molecular weight excluding hydrogens is 267 g/mol. The van der Waals surface area contributed by atoms with Gasteiger partial charge in [0.25, 0.3) is 0 Å². The van der Waals surface area contributed by atoms with E-state index in [1.54, 1.807) is 12.4 Å². The highest BCUT2D eigenvalue weighted by atomic mass is 16.7. The van der Waals surface area contributed by atoms with Crippen LogP contribution in [0.1, 0.15) is 58.9 Å². The summed E-state index contributed by atoms with van der Waals surface area (Å²) in [4.78, 5) is 8.89. The van der Waals surface area contributed by atoms with Crippen molar-refractivity contribution in [2.75, 3.05) is 6.61 Å². The number of ether oxygens (including phenoxy) is 1. The lowest BCUT2D eigenvalue weighted by Crippen LogP contribution is -2.41. The quantitative estimate of drug-likeness (QED) is 0.780. The van der Waals surface area contributed by atoms with E-state index in [-0.39, 0.29) is 17.3 Å². The molecule has 21 heavy (non-hydrogen) atoms. The molecule has 0 N–H and O–H groups in total. The lowest BCUT2D eigenvalue weighted by atomic mass is 9.81. The van der Waals surface area contributed by atoms with Crippen LogP contribution < -0.4 is 5.46 Å². The summed E-state index contributed by atoms with van der Waals surface area (Å²) in [5, 5.41) is 0. The van der Waals surface area contributed by atoms with Gasteiger partial charge in [-0.3, -0.25) is 0 Å². The van der Waals surface area contributed by atoms with Gasteiger partial charge in [0.05, 0.1) is 11.2 Å². The van der Waals surface area contributed by atoms with E-state index in [1.807, 2.05) is 27.7 Å². The van der Waals surface area contributed by atoms with Crippen LogP contribution in [0.15, 0.2) is 12.4 Å². The van der Waals surface area contributed by atoms with E-state index in [0.717, 1.165) is 30.7 Å². The molecule has 0 bridgehead atoms. The van der Waals surface area contributed by atoms with Crippen molar-refractivity contribution in [2.24, 2.45) is 0 Å². The second-order valence-electron chi connectivity index (χ2n) is 6.82. The summed E-state index contributed by atoms with van der Waals surface area (Å²) in [5.74, 6) is 0.759. The van der Waals surface area contributed by atoms with Gasteiger partial charge in [0.1, 0.15) is 6.10 Å². The molecule has 6 heteroatoms. The van der Waals surface area contributed by atoms with Crippen LogP contribution in [0.25, 0.3) is 0 Å². The highest BCUT2D eigenvalue weighted by Crippen LogP contribution is 2.36. The van der Waals surface area contributed by atoms with Gasteiger partial charge in [0.15, 0.2) is 5.82 Å². The third-order valence-electron chi connectivity index (χ3n) is 4.68. The van der Waals surface area contributed by atoms with Gasteiger partial charge in [0.2, 0.25) is 0 Å². The highest BCUT2D eigenvalue weighted by molar-refractivity contribution is 6.61. The molecule has 1 atom stereocenters. The second kappa shape index (κ2) is 5.34. The predicted molar refractivity (Wildman–Crippen MR) is 80.3 cm³/mol. The molecule has 2 fully saturated rings. The fraction of sp³-hybridized carbons (Fsp3) is 0.733. The van der Waals surface area contributed by atoms with Gasteiger partial charge in [-0.2, -0.15) is 0 Å². The Hall–Kier alpha value is -0.975. The maximum Gasteiger partial charge on any atom is 0.498 e. The van der Waals surface area contributed by atoms with E-state index in [0.29, 0.717) is 0 Å². The zero-order valence-electron chi connectivity index (χ0n) is 13.3. The maximum atomic E-state index is 6.00. The van der Waals surface area contributed by atoms with Gasteiger partial charge >= 0.3 is 7.12 Å². The molecular formula is C15H23BN2O3. The smallest absolute Gasteiger partial charge is 0.399 e. The number of hydrogen-bond acceptors (Lipinski definition) is 5. The summed E-state index contributed by atoms with van der Waals surface area (Å²) in [6.45, 7) is 8.96. The molecule has 2 saturated heterocycles. The summed E-state index contributed by atoms with van der Waals surface area (Å²) < 4.78 is 17.7. The van der Waals surface area contributed by atoms with Crippen molar-refractivity contribution in [3.8, 4) is 0 Å². The molecule has 2 aliphatic heterocycles. The van der Waals surface area contributed by atoms with Crippen molar-refractivity contribution >= 4 is 12.6 Å². The molecule has 0 saturated carbocycles. The maximum absolute atomic E-state index is 6.00. The molecule has 1 aromatic heterocycles. The first-order valence-electron chi connectivity index (χ1n) is 7.68. The minimum Gasteiger partial charge on any atom is -0.399 e. The van der Waals surface area contributed by atoms with E-state index < -0.39 is 7.12 Å². The van der Waals surface area contributed by atoms with Crippen LogP contribution in [0, 0.1) is 0 Å². The molecule has 0 aromatic carbocycles. The van der Waals surface area contributed by atoms with E-state index in [4.69, 9.17) is 14.0 Å². The minimum absolute atomic E-state index is 0.0334. The van der Waals surface area contributed by atoms with Crippen molar-refractivity contribution in [2.45, 2.75) is 64.3 Å². The van der Waals surface area contributed by atoms with E-state index in [2.05, 4.69) is 9.97 Å². The third kappa shape index (κ3) is 2.85. The average molecular weight is 290 g/mol. The van der Waals surface area contributed by atoms with Crippen LogP contribution in [0.4, 0.5) is 0 Å². The lowest BCUT2D eigenvalue weighted by molar-refractivity contribution is 0.00578. The van der Waals surface area contributed by atoms with Gasteiger partial charge in [-0.05, 0) is 47.0 Å². The molecule has 114 valence electrons. The van der Waals surface area contributed by atoms with Gasteiger partial charge in [-0.25, -0.2) is 9.97 Å². The fourth-order valence-electron chi connectivity index (χ4n) is 2.56. The molecule has 0 aliphatic carbocycles. The Kier molecular flexibility index (Phi) is 3.80. The van der Waals surface area contributed by atoms with Crippen LogP contribution in [0.3, 0.4) is 0 Å². The van der Waals surface area contributed by atoms with Crippen molar-refractivity contribution < 1.29 is 14.0 Å². The number of rotatable bonds is 2. The van der Waals surface area contributed by atoms with E-state index in [1.165, 1.54) is 6.42 Å². The largest absolute Gasteiger partial charge is 0.498 e. The Morgan fingerprint density at radius 3 is 2.19 bits per heavy atom. The summed E-state index contributed by atoms with van der Waals surface area (Å²) in [5.41, 5.74) is 0.166. The molecule has 1 aromatic rings. The van der Waals surface area contributed by atoms with Crippen molar-refractivity contribution in [1.29, 1.82) is 0 Å². The van der Waals surface area contributed by atoms with Crippen molar-refractivity contribution in [3.63, 3.8) is 0 Å². The first-order valence-corrected chi connectivity index (χ1v) is 7.68. The average Bonchev–Trinajstić information content (AvgIpc) is 2.69. The zero-order valence-corrected chi connectivity index (χ0v) is 13.3. The minimum atomic E-state index is -0.406. The summed E-state index contributed by atoms with van der Waals surface area (Å²) >= 11 is 0. The predicted octanol–water partition coefficient (Wildman–Crippen LogP) is 2.02. The standard InChI is InChI=1S/C15H23BN2O3/c1-14(2)15(3,4)21-16(20-14)11-9-17-13(18-10-11)12-7-5-6-8-19-12/h9-10,12H,5-8H2,1-4H3. The third-order valence-corrected chi connectivity index (χ3v) is 4.68. The summed E-state index contributed by atoms with van der Waals surface area (Å²) in [6.07, 6.45) is 6.92. The Balaban J connectivity index is 1.73. The van der Waals surface area contributed by atoms with E-state index in [9.17, 15) is 0 Å². The molecule has 1 unspecified atom stereocenters. The van der Waals surface area contributed by atoms with Crippen molar-refractivity contribution in [1.82, 2.24) is 9.97 Å². The van der Waals surface area contributed by atoms with Gasteiger partial charge < -0.3 is 14.0 Å². The normalized spacial score (nSPS) is 27.8. The van der Waals surface area contributed by atoms with Crippen LogP contribution in [0.2, 0.25) is 0 Å². The molecule has 0 amide bonds. The number of nitrogens with zero attached hydrogens (tertiary/aromatic N) is 2. The molecule has 3 rings (SSSR count). The molecule has 0 spiro atoms. The molecule has 3 heterocycles. The first-order chi connectivity index (χ1) is 9.89. The highest BCUT2D eigenvalue weighted by Gasteiger charge is 2.51. The van der Waals surface area contributed by atoms with Gasteiger partial charge in [-0.1, -0.05) is 0 Å². The van der Waals surface area contributed by atoms with Crippen LogP contribution >= 0.6 is 0 Å². The number of aromatic nitrogens is 2. The zero-order chi connectivity index (χ0) is 15.1. The van der Waals surface area contributed by atoms with Crippen LogP contribution in [-0.2, 0) is 14.0 Å². The summed E-state index contributed by atoms with van der Waals surface area (Å²) in [6, 6.07) is 0. The Morgan fingerprint density at radius 1 is 1.05 bits per heavy atom. The number of hydrogen-bond donors (Lipinski definition) is 0. The topological polar surface area (TPSA) is 53.5 Å². The molecule has 2 aliphatic rings.